The molecule has 1 heterocycles. The summed E-state index contributed by atoms with van der Waals surface area (Å²) < 4.78 is 11.6. The SMILES string of the molecule is CC(C)Oc1cc(OCc2ccccc2)cc(C(=O)Nc2nccs2)c1. The zero-order valence-corrected chi connectivity index (χ0v) is 15.5. The molecule has 0 saturated carbocycles. The lowest BCUT2D eigenvalue weighted by molar-refractivity contribution is 0.102. The van der Waals surface area contributed by atoms with Crippen LogP contribution in [0, 0.1) is 0 Å². The van der Waals surface area contributed by atoms with Crippen LogP contribution in [0.2, 0.25) is 0 Å². The summed E-state index contributed by atoms with van der Waals surface area (Å²) in [5.41, 5.74) is 1.51. The molecule has 0 fully saturated rings. The maximum atomic E-state index is 12.5. The molecule has 0 bridgehead atoms. The van der Waals surface area contributed by atoms with Gasteiger partial charge in [0.25, 0.3) is 5.91 Å². The van der Waals surface area contributed by atoms with Gasteiger partial charge in [-0.05, 0) is 31.5 Å². The number of thiazole rings is 1. The molecule has 5 nitrogen and oxygen atoms in total. The van der Waals surface area contributed by atoms with E-state index in [2.05, 4.69) is 10.3 Å². The summed E-state index contributed by atoms with van der Waals surface area (Å²) >= 11 is 1.37. The van der Waals surface area contributed by atoms with Crippen molar-refractivity contribution in [3.05, 3.63) is 71.2 Å². The van der Waals surface area contributed by atoms with Crippen LogP contribution in [0.15, 0.2) is 60.1 Å². The van der Waals surface area contributed by atoms with Crippen LogP contribution >= 0.6 is 11.3 Å². The molecular formula is C20H20N2O3S. The summed E-state index contributed by atoms with van der Waals surface area (Å²) in [4.78, 5) is 16.6. The van der Waals surface area contributed by atoms with Crippen molar-refractivity contribution in [1.29, 1.82) is 0 Å². The van der Waals surface area contributed by atoms with E-state index in [1.165, 1.54) is 11.3 Å². The van der Waals surface area contributed by atoms with E-state index in [0.29, 0.717) is 28.8 Å². The summed E-state index contributed by atoms with van der Waals surface area (Å²) in [6.07, 6.45) is 1.64. The van der Waals surface area contributed by atoms with Crippen molar-refractivity contribution >= 4 is 22.4 Å². The van der Waals surface area contributed by atoms with Gasteiger partial charge in [0, 0.05) is 23.2 Å². The van der Waals surface area contributed by atoms with Gasteiger partial charge in [0.1, 0.15) is 18.1 Å². The summed E-state index contributed by atoms with van der Waals surface area (Å²) in [6.45, 7) is 4.29. The second-order valence-electron chi connectivity index (χ2n) is 5.93. The Morgan fingerprint density at radius 1 is 1.15 bits per heavy atom. The van der Waals surface area contributed by atoms with Crippen LogP contribution < -0.4 is 14.8 Å². The van der Waals surface area contributed by atoms with E-state index < -0.39 is 0 Å². The number of hydrogen-bond acceptors (Lipinski definition) is 5. The molecule has 0 radical (unpaired) electrons. The van der Waals surface area contributed by atoms with Crippen molar-refractivity contribution in [3.8, 4) is 11.5 Å². The van der Waals surface area contributed by atoms with Gasteiger partial charge in [0.05, 0.1) is 6.10 Å². The Bertz CT molecular complexity index is 849. The second-order valence-corrected chi connectivity index (χ2v) is 6.82. The molecule has 0 aliphatic heterocycles. The zero-order chi connectivity index (χ0) is 18.4. The molecule has 26 heavy (non-hydrogen) atoms. The van der Waals surface area contributed by atoms with Crippen molar-refractivity contribution < 1.29 is 14.3 Å². The Morgan fingerprint density at radius 2 is 1.92 bits per heavy atom. The summed E-state index contributed by atoms with van der Waals surface area (Å²) in [5, 5.41) is 5.14. The molecule has 0 saturated heterocycles. The third kappa shape index (κ3) is 5.07. The normalized spacial score (nSPS) is 10.6. The van der Waals surface area contributed by atoms with E-state index in [1.807, 2.05) is 49.6 Å². The fraction of sp³-hybridized carbons (Fsp3) is 0.200. The van der Waals surface area contributed by atoms with Gasteiger partial charge in [0.15, 0.2) is 5.13 Å². The van der Waals surface area contributed by atoms with Crippen LogP contribution in [-0.4, -0.2) is 17.0 Å². The van der Waals surface area contributed by atoms with Crippen LogP contribution in [0.1, 0.15) is 29.8 Å². The average molecular weight is 368 g/mol. The lowest BCUT2D eigenvalue weighted by Gasteiger charge is -2.14. The maximum absolute atomic E-state index is 12.5. The Balaban J connectivity index is 1.79. The third-order valence-electron chi connectivity index (χ3n) is 3.42. The number of aromatic nitrogens is 1. The van der Waals surface area contributed by atoms with E-state index >= 15 is 0 Å². The molecular weight excluding hydrogens is 348 g/mol. The number of carbonyl (C=O) groups is 1. The average Bonchev–Trinajstić information content (AvgIpc) is 3.13. The highest BCUT2D eigenvalue weighted by Crippen LogP contribution is 2.26. The van der Waals surface area contributed by atoms with Gasteiger partial charge >= 0.3 is 0 Å². The lowest BCUT2D eigenvalue weighted by atomic mass is 10.2. The zero-order valence-electron chi connectivity index (χ0n) is 14.6. The van der Waals surface area contributed by atoms with E-state index in [-0.39, 0.29) is 12.0 Å². The molecule has 3 rings (SSSR count). The van der Waals surface area contributed by atoms with Gasteiger partial charge in [-0.1, -0.05) is 30.3 Å². The fourth-order valence-corrected chi connectivity index (χ4v) is 2.85. The first kappa shape index (κ1) is 17.9. The topological polar surface area (TPSA) is 60.5 Å². The highest BCUT2D eigenvalue weighted by atomic mass is 32.1. The number of carbonyl (C=O) groups excluding carboxylic acids is 1. The molecule has 0 aliphatic rings. The van der Waals surface area contributed by atoms with Gasteiger partial charge in [-0.2, -0.15) is 0 Å². The minimum Gasteiger partial charge on any atom is -0.491 e. The van der Waals surface area contributed by atoms with Crippen LogP contribution in [0.4, 0.5) is 5.13 Å². The second kappa shape index (κ2) is 8.49. The number of anilines is 1. The summed E-state index contributed by atoms with van der Waals surface area (Å²) in [6, 6.07) is 15.1. The van der Waals surface area contributed by atoms with Gasteiger partial charge in [-0.3, -0.25) is 10.1 Å². The highest BCUT2D eigenvalue weighted by molar-refractivity contribution is 7.13. The molecule has 0 spiro atoms. The molecule has 6 heteroatoms. The van der Waals surface area contributed by atoms with Gasteiger partial charge in [-0.15, -0.1) is 11.3 Å². The molecule has 134 valence electrons. The quantitative estimate of drug-likeness (QED) is 0.653. The Morgan fingerprint density at radius 3 is 2.62 bits per heavy atom. The standard InChI is InChI=1S/C20H20N2O3S/c1-14(2)25-18-11-16(19(23)22-20-21-8-9-26-20)10-17(12-18)24-13-15-6-4-3-5-7-15/h3-12,14H,13H2,1-2H3,(H,21,22,23). The van der Waals surface area contributed by atoms with E-state index in [1.54, 1.807) is 24.4 Å². The van der Waals surface area contributed by atoms with Crippen LogP contribution in [0.3, 0.4) is 0 Å². The van der Waals surface area contributed by atoms with Crippen molar-refractivity contribution in [2.75, 3.05) is 5.32 Å². The number of ether oxygens (including phenoxy) is 2. The first-order valence-corrected chi connectivity index (χ1v) is 9.17. The lowest BCUT2D eigenvalue weighted by Crippen LogP contribution is -2.13. The van der Waals surface area contributed by atoms with Crippen molar-refractivity contribution in [3.63, 3.8) is 0 Å². The minimum absolute atomic E-state index is 0.00533. The number of rotatable bonds is 7. The molecule has 0 aliphatic carbocycles. The summed E-state index contributed by atoms with van der Waals surface area (Å²) in [5.74, 6) is 0.921. The predicted octanol–water partition coefficient (Wildman–Crippen LogP) is 4.76. The van der Waals surface area contributed by atoms with Gasteiger partial charge in [-0.25, -0.2) is 4.98 Å². The predicted molar refractivity (Wildman–Crippen MR) is 103 cm³/mol. The van der Waals surface area contributed by atoms with Crippen LogP contribution in [0.5, 0.6) is 11.5 Å². The number of amides is 1. The molecule has 1 aromatic heterocycles. The van der Waals surface area contributed by atoms with Crippen molar-refractivity contribution in [2.24, 2.45) is 0 Å². The molecule has 0 atom stereocenters. The summed E-state index contributed by atoms with van der Waals surface area (Å²) in [7, 11) is 0. The maximum Gasteiger partial charge on any atom is 0.257 e. The largest absolute Gasteiger partial charge is 0.491 e. The highest BCUT2D eigenvalue weighted by Gasteiger charge is 2.13. The Labute approximate surface area is 156 Å². The molecule has 3 aromatic rings. The van der Waals surface area contributed by atoms with Crippen molar-refractivity contribution in [1.82, 2.24) is 4.98 Å². The minimum atomic E-state index is -0.251. The molecule has 2 aromatic carbocycles. The Kier molecular flexibility index (Phi) is 5.86. The van der Waals surface area contributed by atoms with E-state index in [4.69, 9.17) is 9.47 Å². The first-order valence-electron chi connectivity index (χ1n) is 8.29. The van der Waals surface area contributed by atoms with Gasteiger partial charge < -0.3 is 9.47 Å². The molecule has 1 amide bonds. The van der Waals surface area contributed by atoms with Crippen LogP contribution in [-0.2, 0) is 6.61 Å². The van der Waals surface area contributed by atoms with E-state index in [0.717, 1.165) is 5.56 Å². The Hall–Kier alpha value is -2.86. The monoisotopic (exact) mass is 368 g/mol. The smallest absolute Gasteiger partial charge is 0.257 e. The van der Waals surface area contributed by atoms with Crippen molar-refractivity contribution in [2.45, 2.75) is 26.6 Å². The fourth-order valence-electron chi connectivity index (χ4n) is 2.32. The number of nitrogens with zero attached hydrogens (tertiary/aromatic N) is 1. The van der Waals surface area contributed by atoms with E-state index in [9.17, 15) is 4.79 Å². The third-order valence-corrected chi connectivity index (χ3v) is 4.10. The number of nitrogens with one attached hydrogen (secondary N) is 1. The number of benzene rings is 2. The first-order chi connectivity index (χ1) is 12.6. The molecule has 1 N–H and O–H groups in total. The van der Waals surface area contributed by atoms with Crippen LogP contribution in [0.25, 0.3) is 0 Å². The van der Waals surface area contributed by atoms with Gasteiger partial charge in [0.2, 0.25) is 0 Å². The number of hydrogen-bond donors (Lipinski definition) is 1. The molecule has 0 unspecified atom stereocenters.